The topological polar surface area (TPSA) is 42.7 Å². The second kappa shape index (κ2) is 6.45. The fourth-order valence-corrected chi connectivity index (χ4v) is 3.16. The first-order chi connectivity index (χ1) is 11.3. The van der Waals surface area contributed by atoms with Gasteiger partial charge in [-0.3, -0.25) is 0 Å². The lowest BCUT2D eigenvalue weighted by Crippen LogP contribution is -2.33. The van der Waals surface area contributed by atoms with Gasteiger partial charge in [0.15, 0.2) is 5.82 Å². The summed E-state index contributed by atoms with van der Waals surface area (Å²) in [4.78, 5) is 4.55. The van der Waals surface area contributed by atoms with Gasteiger partial charge in [-0.15, -0.1) is 0 Å². The minimum absolute atomic E-state index is 0.0325. The summed E-state index contributed by atoms with van der Waals surface area (Å²) in [6.45, 7) is 3.87. The highest BCUT2D eigenvalue weighted by molar-refractivity contribution is 5.44. The molecule has 1 N–H and O–H groups in total. The normalized spacial score (nSPS) is 21.7. The van der Waals surface area contributed by atoms with E-state index in [-0.39, 0.29) is 18.9 Å². The van der Waals surface area contributed by atoms with Gasteiger partial charge in [0.2, 0.25) is 0 Å². The van der Waals surface area contributed by atoms with Crippen LogP contribution in [-0.4, -0.2) is 27.0 Å². The maximum atomic E-state index is 12.7. The Bertz CT molecular complexity index is 700. The standard InChI is InChI=1S/C17H21F3N4/c1-11-9-15(22-16(10-11)24-8-7-12(2)23-24)21-14-5-3-13(4-6-14)17(18,19)20/h7-10,13-14H,3-6H2,1-2H3,(H,21,22). The van der Waals surface area contributed by atoms with Gasteiger partial charge < -0.3 is 5.32 Å². The van der Waals surface area contributed by atoms with Gasteiger partial charge in [0.05, 0.1) is 11.6 Å². The van der Waals surface area contributed by atoms with E-state index in [4.69, 9.17) is 0 Å². The number of hydrogen-bond donors (Lipinski definition) is 1. The van der Waals surface area contributed by atoms with E-state index in [2.05, 4.69) is 15.4 Å². The van der Waals surface area contributed by atoms with Crippen molar-refractivity contribution >= 4 is 5.82 Å². The molecule has 1 saturated carbocycles. The Morgan fingerprint density at radius 1 is 1.12 bits per heavy atom. The molecule has 0 radical (unpaired) electrons. The Kier molecular flexibility index (Phi) is 4.51. The fraction of sp³-hybridized carbons (Fsp3) is 0.529. The van der Waals surface area contributed by atoms with Gasteiger partial charge in [0.1, 0.15) is 5.82 Å². The first kappa shape index (κ1) is 16.8. The van der Waals surface area contributed by atoms with Gasteiger partial charge in [0, 0.05) is 12.2 Å². The zero-order valence-corrected chi connectivity index (χ0v) is 13.8. The molecule has 0 unspecified atom stereocenters. The highest BCUT2D eigenvalue weighted by atomic mass is 19.4. The molecule has 4 nitrogen and oxygen atoms in total. The van der Waals surface area contributed by atoms with Crippen LogP contribution in [0.25, 0.3) is 5.82 Å². The lowest BCUT2D eigenvalue weighted by molar-refractivity contribution is -0.182. The smallest absolute Gasteiger partial charge is 0.367 e. The summed E-state index contributed by atoms with van der Waals surface area (Å²) in [6, 6.07) is 5.77. The van der Waals surface area contributed by atoms with Gasteiger partial charge in [-0.2, -0.15) is 18.3 Å². The zero-order valence-electron chi connectivity index (χ0n) is 13.8. The Morgan fingerprint density at radius 2 is 1.83 bits per heavy atom. The van der Waals surface area contributed by atoms with E-state index in [1.54, 1.807) is 4.68 Å². The quantitative estimate of drug-likeness (QED) is 0.901. The fourth-order valence-electron chi connectivity index (χ4n) is 3.16. The summed E-state index contributed by atoms with van der Waals surface area (Å²) in [5.74, 6) is 0.229. The molecule has 1 aliphatic rings. The Morgan fingerprint density at radius 3 is 2.42 bits per heavy atom. The lowest BCUT2D eigenvalue weighted by Gasteiger charge is -2.30. The van der Waals surface area contributed by atoms with Crippen molar-refractivity contribution in [3.05, 3.63) is 35.7 Å². The van der Waals surface area contributed by atoms with E-state index in [0.29, 0.717) is 24.5 Å². The SMILES string of the molecule is Cc1cc(NC2CCC(C(F)(F)F)CC2)nc(-n2ccc(C)n2)c1. The highest BCUT2D eigenvalue weighted by Gasteiger charge is 2.41. The molecule has 24 heavy (non-hydrogen) atoms. The second-order valence-corrected chi connectivity index (χ2v) is 6.52. The summed E-state index contributed by atoms with van der Waals surface area (Å²) in [5, 5.41) is 7.64. The Hall–Kier alpha value is -2.05. The van der Waals surface area contributed by atoms with Crippen molar-refractivity contribution in [3.8, 4) is 5.82 Å². The zero-order chi connectivity index (χ0) is 17.3. The molecular formula is C17H21F3N4. The Labute approximate surface area is 139 Å². The van der Waals surface area contributed by atoms with Gasteiger partial charge in [-0.05, 0) is 63.3 Å². The number of alkyl halides is 3. The van der Waals surface area contributed by atoms with Gasteiger partial charge in [-0.1, -0.05) is 0 Å². The van der Waals surface area contributed by atoms with Crippen molar-refractivity contribution in [2.75, 3.05) is 5.32 Å². The van der Waals surface area contributed by atoms with Gasteiger partial charge in [-0.25, -0.2) is 9.67 Å². The van der Waals surface area contributed by atoms with Gasteiger partial charge >= 0.3 is 6.18 Å². The van der Waals surface area contributed by atoms with E-state index < -0.39 is 12.1 Å². The molecule has 1 fully saturated rings. The molecule has 2 aromatic heterocycles. The first-order valence-corrected chi connectivity index (χ1v) is 8.16. The van der Waals surface area contributed by atoms with E-state index in [9.17, 15) is 13.2 Å². The molecule has 0 spiro atoms. The first-order valence-electron chi connectivity index (χ1n) is 8.16. The molecule has 2 aromatic rings. The molecule has 2 heterocycles. The van der Waals surface area contributed by atoms with Crippen LogP contribution in [0.3, 0.4) is 0 Å². The number of aromatic nitrogens is 3. The molecule has 0 aromatic carbocycles. The molecule has 7 heteroatoms. The molecule has 0 amide bonds. The van der Waals surface area contributed by atoms with Crippen LogP contribution in [0.2, 0.25) is 0 Å². The molecule has 3 rings (SSSR count). The minimum atomic E-state index is -4.07. The predicted molar refractivity (Wildman–Crippen MR) is 86.3 cm³/mol. The van der Waals surface area contributed by atoms with Crippen LogP contribution in [0.4, 0.5) is 19.0 Å². The number of hydrogen-bond acceptors (Lipinski definition) is 3. The molecule has 1 aliphatic carbocycles. The number of nitrogens with one attached hydrogen (secondary N) is 1. The molecular weight excluding hydrogens is 317 g/mol. The van der Waals surface area contributed by atoms with Crippen molar-refractivity contribution < 1.29 is 13.2 Å². The summed E-state index contributed by atoms with van der Waals surface area (Å²) < 4.78 is 39.9. The molecule has 0 aliphatic heterocycles. The van der Waals surface area contributed by atoms with Crippen molar-refractivity contribution in [2.45, 2.75) is 51.7 Å². The number of nitrogens with zero attached hydrogens (tertiary/aromatic N) is 3. The number of anilines is 1. The maximum absolute atomic E-state index is 12.7. The van der Waals surface area contributed by atoms with Gasteiger partial charge in [0.25, 0.3) is 0 Å². The third-order valence-electron chi connectivity index (χ3n) is 4.46. The van der Waals surface area contributed by atoms with Crippen LogP contribution in [0.15, 0.2) is 24.4 Å². The number of pyridine rings is 1. The predicted octanol–water partition coefficient (Wildman–Crippen LogP) is 4.42. The summed E-state index contributed by atoms with van der Waals surface area (Å²) in [6.07, 6.45) is -0.852. The summed E-state index contributed by atoms with van der Waals surface area (Å²) in [7, 11) is 0. The maximum Gasteiger partial charge on any atom is 0.391 e. The largest absolute Gasteiger partial charge is 0.391 e. The molecule has 130 valence electrons. The van der Waals surface area contributed by atoms with Crippen molar-refractivity contribution in [1.29, 1.82) is 0 Å². The van der Waals surface area contributed by atoms with Crippen molar-refractivity contribution in [2.24, 2.45) is 5.92 Å². The van der Waals surface area contributed by atoms with Crippen molar-refractivity contribution in [3.63, 3.8) is 0 Å². The van der Waals surface area contributed by atoms with Crippen LogP contribution in [0, 0.1) is 19.8 Å². The van der Waals surface area contributed by atoms with E-state index in [1.807, 2.05) is 38.2 Å². The van der Waals surface area contributed by atoms with E-state index in [1.165, 1.54) is 0 Å². The minimum Gasteiger partial charge on any atom is -0.367 e. The third-order valence-corrected chi connectivity index (χ3v) is 4.46. The molecule has 0 bridgehead atoms. The monoisotopic (exact) mass is 338 g/mol. The average Bonchev–Trinajstić information content (AvgIpc) is 2.93. The summed E-state index contributed by atoms with van der Waals surface area (Å²) in [5.41, 5.74) is 1.93. The van der Waals surface area contributed by atoms with Crippen LogP contribution in [0.1, 0.15) is 36.9 Å². The number of halogens is 3. The molecule has 0 atom stereocenters. The van der Waals surface area contributed by atoms with E-state index in [0.717, 1.165) is 11.3 Å². The Balaban J connectivity index is 1.69. The molecule has 0 saturated heterocycles. The number of rotatable bonds is 3. The lowest BCUT2D eigenvalue weighted by atomic mass is 9.85. The third kappa shape index (κ3) is 3.88. The van der Waals surface area contributed by atoms with Crippen molar-refractivity contribution in [1.82, 2.24) is 14.8 Å². The second-order valence-electron chi connectivity index (χ2n) is 6.52. The average molecular weight is 338 g/mol. The summed E-state index contributed by atoms with van der Waals surface area (Å²) >= 11 is 0. The number of aryl methyl sites for hydroxylation is 2. The highest BCUT2D eigenvalue weighted by Crippen LogP contribution is 2.38. The van der Waals surface area contributed by atoms with Crippen LogP contribution in [-0.2, 0) is 0 Å². The van der Waals surface area contributed by atoms with E-state index >= 15 is 0 Å². The van der Waals surface area contributed by atoms with Crippen LogP contribution in [0.5, 0.6) is 0 Å². The van der Waals surface area contributed by atoms with Crippen LogP contribution >= 0.6 is 0 Å². The van der Waals surface area contributed by atoms with Crippen LogP contribution < -0.4 is 5.32 Å².